The van der Waals surface area contributed by atoms with Crippen molar-refractivity contribution in [2.75, 3.05) is 0 Å². The lowest BCUT2D eigenvalue weighted by Gasteiger charge is -2.03. The number of aromatic nitrogens is 3. The van der Waals surface area contributed by atoms with Crippen LogP contribution in [0.5, 0.6) is 0 Å². The van der Waals surface area contributed by atoms with E-state index in [2.05, 4.69) is 124 Å². The van der Waals surface area contributed by atoms with E-state index in [4.69, 9.17) is 0 Å². The van der Waals surface area contributed by atoms with E-state index in [9.17, 15) is 0 Å². The van der Waals surface area contributed by atoms with E-state index in [0.717, 1.165) is 28.1 Å². The molecule has 0 radical (unpaired) electrons. The molecule has 0 aliphatic rings. The molecule has 0 bridgehead atoms. The number of H-pyrrole nitrogens is 2. The molecule has 0 saturated carbocycles. The van der Waals surface area contributed by atoms with Gasteiger partial charge in [0.05, 0.1) is 5.56 Å². The molecule has 2 aromatic heterocycles. The van der Waals surface area contributed by atoms with Gasteiger partial charge in [-0.15, -0.1) is 0 Å². The van der Waals surface area contributed by atoms with Crippen LogP contribution < -0.4 is 4.57 Å². The fourth-order valence-corrected chi connectivity index (χ4v) is 4.87. The predicted octanol–water partition coefficient (Wildman–Crippen LogP) is 6.90. The van der Waals surface area contributed by atoms with Crippen molar-refractivity contribution in [1.82, 2.24) is 9.97 Å². The van der Waals surface area contributed by atoms with Gasteiger partial charge in [0.1, 0.15) is 5.69 Å². The largest absolute Gasteiger partial charge is 0.354 e. The molecular weight excluding hydrogens is 390 g/mol. The summed E-state index contributed by atoms with van der Waals surface area (Å²) in [5.74, 6) is 1.08. The van der Waals surface area contributed by atoms with E-state index in [1.807, 2.05) is 0 Å². The molecular formula is C29H20N3+. The highest BCUT2D eigenvalue weighted by molar-refractivity contribution is 6.13. The highest BCUT2D eigenvalue weighted by Gasteiger charge is 2.22. The summed E-state index contributed by atoms with van der Waals surface area (Å²) in [6, 6.07) is 38.7. The van der Waals surface area contributed by atoms with Crippen molar-refractivity contribution < 1.29 is 4.57 Å². The summed E-state index contributed by atoms with van der Waals surface area (Å²) in [5, 5.41) is 4.98. The summed E-state index contributed by atoms with van der Waals surface area (Å²) in [6.45, 7) is 0. The fraction of sp³-hybridized carbons (Fsp3) is 0. The zero-order valence-electron chi connectivity index (χ0n) is 17.3. The molecule has 0 atom stereocenters. The van der Waals surface area contributed by atoms with Crippen LogP contribution in [0.3, 0.4) is 0 Å². The van der Waals surface area contributed by atoms with Crippen LogP contribution in [0, 0.1) is 0 Å². The minimum absolute atomic E-state index is 1.08. The van der Waals surface area contributed by atoms with Crippen molar-refractivity contribution in [2.24, 2.45) is 0 Å². The molecule has 2 heterocycles. The Hall–Kier alpha value is -4.37. The molecule has 0 unspecified atom stereocenters. The van der Waals surface area contributed by atoms with Gasteiger partial charge in [-0.1, -0.05) is 54.6 Å². The van der Waals surface area contributed by atoms with E-state index in [1.165, 1.54) is 32.6 Å². The zero-order chi connectivity index (χ0) is 21.1. The molecule has 32 heavy (non-hydrogen) atoms. The summed E-state index contributed by atoms with van der Waals surface area (Å²) in [7, 11) is 0. The number of fused-ring (bicyclic) bond motifs is 5. The maximum Gasteiger partial charge on any atom is 0.292 e. The van der Waals surface area contributed by atoms with Crippen LogP contribution in [-0.2, 0) is 0 Å². The van der Waals surface area contributed by atoms with Gasteiger partial charge in [-0.25, -0.2) is 4.98 Å². The Balaban J connectivity index is 1.58. The van der Waals surface area contributed by atoms with Gasteiger partial charge in [0.15, 0.2) is 11.0 Å². The number of aromatic amines is 2. The minimum Gasteiger partial charge on any atom is -0.354 e. The molecule has 0 fully saturated rings. The summed E-state index contributed by atoms with van der Waals surface area (Å²) in [5.41, 5.74) is 6.94. The molecule has 3 heteroatoms. The van der Waals surface area contributed by atoms with E-state index in [0.29, 0.717) is 0 Å². The molecule has 7 rings (SSSR count). The lowest BCUT2D eigenvalue weighted by Crippen LogP contribution is -2.31. The number of hydrogen-bond donors (Lipinski definition) is 2. The number of para-hydroxylation sites is 2. The first-order valence-corrected chi connectivity index (χ1v) is 10.9. The third-order valence-corrected chi connectivity index (χ3v) is 6.36. The van der Waals surface area contributed by atoms with E-state index < -0.39 is 0 Å². The van der Waals surface area contributed by atoms with Gasteiger partial charge in [-0.2, -0.15) is 4.57 Å². The van der Waals surface area contributed by atoms with Gasteiger partial charge < -0.3 is 4.98 Å². The van der Waals surface area contributed by atoms with Crippen molar-refractivity contribution in [3.8, 4) is 17.1 Å². The second-order valence-corrected chi connectivity index (χ2v) is 8.30. The Morgan fingerprint density at radius 3 is 2.03 bits per heavy atom. The summed E-state index contributed by atoms with van der Waals surface area (Å²) < 4.78 is 2.32. The van der Waals surface area contributed by atoms with E-state index in [-0.39, 0.29) is 0 Å². The van der Waals surface area contributed by atoms with Crippen molar-refractivity contribution in [3.05, 3.63) is 109 Å². The van der Waals surface area contributed by atoms with Gasteiger partial charge in [0.25, 0.3) is 5.82 Å². The molecule has 0 amide bonds. The third kappa shape index (κ3) is 2.51. The highest BCUT2D eigenvalue weighted by atomic mass is 15.1. The van der Waals surface area contributed by atoms with Crippen molar-refractivity contribution in [1.29, 1.82) is 0 Å². The SMILES string of the molecule is c1ccc(-c2[nH]c3cc4cc5c(cc4cc3[n+]2-c2ccccc2)[nH]c2ccccc25)cc1. The van der Waals surface area contributed by atoms with Crippen molar-refractivity contribution in [3.63, 3.8) is 0 Å². The van der Waals surface area contributed by atoms with Crippen molar-refractivity contribution in [2.45, 2.75) is 0 Å². The lowest BCUT2D eigenvalue weighted by atomic mass is 10.1. The number of benzene rings is 5. The van der Waals surface area contributed by atoms with Crippen LogP contribution >= 0.6 is 0 Å². The first kappa shape index (κ1) is 17.3. The lowest BCUT2D eigenvalue weighted by molar-refractivity contribution is -0.554. The quantitative estimate of drug-likeness (QED) is 0.291. The van der Waals surface area contributed by atoms with Crippen molar-refractivity contribution >= 4 is 43.6 Å². The molecule has 3 nitrogen and oxygen atoms in total. The maximum atomic E-state index is 3.71. The Labute approximate surface area is 184 Å². The van der Waals surface area contributed by atoms with Gasteiger partial charge >= 0.3 is 0 Å². The number of rotatable bonds is 2. The van der Waals surface area contributed by atoms with E-state index in [1.54, 1.807) is 0 Å². The Bertz CT molecular complexity index is 1760. The Morgan fingerprint density at radius 1 is 0.500 bits per heavy atom. The number of hydrogen-bond acceptors (Lipinski definition) is 0. The van der Waals surface area contributed by atoms with Gasteiger partial charge in [-0.3, -0.25) is 0 Å². The summed E-state index contributed by atoms with van der Waals surface area (Å²) >= 11 is 0. The normalized spacial score (nSPS) is 11.8. The smallest absolute Gasteiger partial charge is 0.292 e. The fourth-order valence-electron chi connectivity index (χ4n) is 4.87. The molecule has 0 aliphatic heterocycles. The molecule has 0 aliphatic carbocycles. The molecule has 150 valence electrons. The van der Waals surface area contributed by atoms with Crippen LogP contribution in [0.25, 0.3) is 60.7 Å². The number of nitrogens with zero attached hydrogens (tertiary/aromatic N) is 1. The molecule has 0 spiro atoms. The second kappa shape index (κ2) is 6.56. The van der Waals surface area contributed by atoms with Gasteiger partial charge in [0, 0.05) is 21.8 Å². The third-order valence-electron chi connectivity index (χ3n) is 6.36. The van der Waals surface area contributed by atoms with Crippen LogP contribution in [0.1, 0.15) is 0 Å². The molecule has 2 N–H and O–H groups in total. The van der Waals surface area contributed by atoms with Gasteiger partial charge in [-0.05, 0) is 65.4 Å². The van der Waals surface area contributed by atoms with E-state index >= 15 is 0 Å². The predicted molar refractivity (Wildman–Crippen MR) is 132 cm³/mol. The number of nitrogens with one attached hydrogen (secondary N) is 2. The first-order chi connectivity index (χ1) is 15.8. The van der Waals surface area contributed by atoms with Crippen LogP contribution in [0.15, 0.2) is 109 Å². The Kier molecular flexibility index (Phi) is 3.55. The molecule has 0 saturated heterocycles. The monoisotopic (exact) mass is 410 g/mol. The Morgan fingerprint density at radius 2 is 1.19 bits per heavy atom. The highest BCUT2D eigenvalue weighted by Crippen LogP contribution is 2.32. The molecule has 5 aromatic carbocycles. The van der Waals surface area contributed by atoms with Crippen LogP contribution in [0.4, 0.5) is 0 Å². The van der Waals surface area contributed by atoms with Crippen LogP contribution in [0.2, 0.25) is 0 Å². The first-order valence-electron chi connectivity index (χ1n) is 10.9. The van der Waals surface area contributed by atoms with Crippen LogP contribution in [-0.4, -0.2) is 9.97 Å². The summed E-state index contributed by atoms with van der Waals surface area (Å²) in [6.07, 6.45) is 0. The second-order valence-electron chi connectivity index (χ2n) is 8.30. The zero-order valence-corrected chi connectivity index (χ0v) is 17.3. The minimum atomic E-state index is 1.08. The average Bonchev–Trinajstić information content (AvgIpc) is 3.40. The molecule has 7 aromatic rings. The maximum absolute atomic E-state index is 3.71. The average molecular weight is 411 g/mol. The van der Waals surface area contributed by atoms with Gasteiger partial charge in [0.2, 0.25) is 0 Å². The summed E-state index contributed by atoms with van der Waals surface area (Å²) in [4.78, 5) is 7.29. The number of imidazole rings is 1. The topological polar surface area (TPSA) is 35.5 Å². The standard InChI is InChI=1S/C29H19N3/c1-3-9-19(10-4-1)29-31-27-17-20-15-24-23-13-7-8-14-25(23)30-26(24)16-21(20)18-28(27)32(29)22-11-5-2-6-12-22/h1-18,30H/p+1.